The lowest BCUT2D eigenvalue weighted by Crippen LogP contribution is -2.33. The molecule has 39 heavy (non-hydrogen) atoms. The van der Waals surface area contributed by atoms with Gasteiger partial charge in [0.1, 0.15) is 11.1 Å². The molecule has 0 unspecified atom stereocenters. The Balaban J connectivity index is 1.31. The molecule has 0 aliphatic carbocycles. The number of carbonyl (C=O) groups is 1. The van der Waals surface area contributed by atoms with E-state index >= 15 is 0 Å². The van der Waals surface area contributed by atoms with Crippen LogP contribution in [0.1, 0.15) is 28.4 Å². The number of pyridine rings is 1. The van der Waals surface area contributed by atoms with Gasteiger partial charge in [-0.2, -0.15) is 4.98 Å². The van der Waals surface area contributed by atoms with Crippen molar-refractivity contribution in [2.45, 2.75) is 13.5 Å². The molecule has 0 saturated heterocycles. The fraction of sp³-hybridized carbons (Fsp3) is 0.179. The van der Waals surface area contributed by atoms with Gasteiger partial charge in [0.05, 0.1) is 43.3 Å². The smallest absolute Gasteiger partial charge is 0.297 e. The minimum absolute atomic E-state index is 0.0168. The largest absolute Gasteiger partial charge is 0.465 e. The van der Waals surface area contributed by atoms with E-state index in [4.69, 9.17) is 4.74 Å². The second kappa shape index (κ2) is 10.7. The number of aryl methyl sites for hydroxylation is 1. The maximum Gasteiger partial charge on any atom is 0.297 e. The number of amides is 1. The third kappa shape index (κ3) is 5.17. The fourth-order valence-corrected chi connectivity index (χ4v) is 4.13. The van der Waals surface area contributed by atoms with Crippen molar-refractivity contribution in [2.75, 3.05) is 13.2 Å². The number of nitrogens with one attached hydrogen (secondary N) is 1. The number of hydrogen-bond donors (Lipinski definition) is 1. The molecule has 1 amide bonds. The molecule has 9 nitrogen and oxygen atoms in total. The molecular weight excluding hydrogens is 506 g/mol. The summed E-state index contributed by atoms with van der Waals surface area (Å²) in [7, 11) is 1.87. The van der Waals surface area contributed by atoms with E-state index in [0.717, 1.165) is 39.3 Å². The van der Waals surface area contributed by atoms with Gasteiger partial charge in [0.15, 0.2) is 11.6 Å². The zero-order chi connectivity index (χ0) is 27.5. The summed E-state index contributed by atoms with van der Waals surface area (Å²) in [5.41, 5.74) is 2.61. The first kappa shape index (κ1) is 25.5. The van der Waals surface area contributed by atoms with Crippen LogP contribution in [0.4, 0.5) is 8.78 Å². The van der Waals surface area contributed by atoms with E-state index < -0.39 is 23.1 Å². The number of hydrogen-bond acceptors (Lipinski definition) is 6. The minimum atomic E-state index is -1.02. The average Bonchev–Trinajstić information content (AvgIpc) is 3.25. The summed E-state index contributed by atoms with van der Waals surface area (Å²) in [6.45, 7) is 2.29. The van der Waals surface area contributed by atoms with Crippen LogP contribution in [-0.4, -0.2) is 43.1 Å². The molecule has 0 saturated carbocycles. The molecular formula is C28H22F2N6O3. The average molecular weight is 529 g/mol. The zero-order valence-corrected chi connectivity index (χ0v) is 21.0. The number of benzene rings is 2. The van der Waals surface area contributed by atoms with Crippen LogP contribution in [0, 0.1) is 23.5 Å². The first-order valence-corrected chi connectivity index (χ1v) is 12.0. The third-order valence-electron chi connectivity index (χ3n) is 5.98. The molecule has 5 rings (SSSR count). The third-order valence-corrected chi connectivity index (χ3v) is 5.98. The summed E-state index contributed by atoms with van der Waals surface area (Å²) in [5.74, 6) is 3.23. The van der Waals surface area contributed by atoms with E-state index in [0.29, 0.717) is 29.3 Å². The Labute approximate surface area is 221 Å². The maximum absolute atomic E-state index is 13.5. The summed E-state index contributed by atoms with van der Waals surface area (Å²) in [6.07, 6.45) is 4.08. The van der Waals surface area contributed by atoms with Gasteiger partial charge < -0.3 is 10.1 Å². The molecule has 0 fully saturated rings. The van der Waals surface area contributed by atoms with E-state index in [9.17, 15) is 18.4 Å². The molecule has 1 N–H and O–H groups in total. The van der Waals surface area contributed by atoms with Crippen LogP contribution < -0.4 is 15.6 Å². The van der Waals surface area contributed by atoms with Crippen molar-refractivity contribution in [1.82, 2.24) is 29.4 Å². The van der Waals surface area contributed by atoms with E-state index in [1.807, 2.05) is 36.7 Å². The Morgan fingerprint density at radius 1 is 1.10 bits per heavy atom. The molecule has 0 aliphatic heterocycles. The predicted molar refractivity (Wildman–Crippen MR) is 140 cm³/mol. The van der Waals surface area contributed by atoms with Gasteiger partial charge in [0.2, 0.25) is 0 Å². The van der Waals surface area contributed by atoms with Crippen LogP contribution in [-0.2, 0) is 13.6 Å². The highest BCUT2D eigenvalue weighted by atomic mass is 19.2. The van der Waals surface area contributed by atoms with Crippen molar-refractivity contribution in [3.8, 4) is 17.9 Å². The lowest BCUT2D eigenvalue weighted by atomic mass is 10.1. The van der Waals surface area contributed by atoms with Gasteiger partial charge in [-0.05, 0) is 42.8 Å². The van der Waals surface area contributed by atoms with Crippen molar-refractivity contribution in [1.29, 1.82) is 0 Å². The van der Waals surface area contributed by atoms with Crippen molar-refractivity contribution < 1.29 is 18.3 Å². The van der Waals surface area contributed by atoms with Crippen LogP contribution in [0.25, 0.3) is 21.9 Å². The van der Waals surface area contributed by atoms with Gasteiger partial charge in [-0.1, -0.05) is 17.9 Å². The quantitative estimate of drug-likeness (QED) is 0.340. The van der Waals surface area contributed by atoms with Crippen molar-refractivity contribution in [2.24, 2.45) is 7.05 Å². The minimum Gasteiger partial charge on any atom is -0.465 e. The van der Waals surface area contributed by atoms with Crippen molar-refractivity contribution in [3.63, 3.8) is 0 Å². The van der Waals surface area contributed by atoms with Gasteiger partial charge in [-0.15, -0.1) is 0 Å². The van der Waals surface area contributed by atoms with Crippen LogP contribution in [0.2, 0.25) is 0 Å². The summed E-state index contributed by atoms with van der Waals surface area (Å²) in [6, 6.07) is 9.40. The van der Waals surface area contributed by atoms with E-state index in [1.165, 1.54) is 12.4 Å². The lowest BCUT2D eigenvalue weighted by molar-refractivity contribution is 0.0956. The lowest BCUT2D eigenvalue weighted by Gasteiger charge is -2.08. The Morgan fingerprint density at radius 3 is 2.74 bits per heavy atom. The molecule has 196 valence electrons. The molecule has 11 heteroatoms. The van der Waals surface area contributed by atoms with Gasteiger partial charge >= 0.3 is 0 Å². The molecule has 3 heterocycles. The summed E-state index contributed by atoms with van der Waals surface area (Å²) < 4.78 is 35.3. The predicted octanol–water partition coefficient (Wildman–Crippen LogP) is 3.18. The Morgan fingerprint density at radius 2 is 1.95 bits per heavy atom. The van der Waals surface area contributed by atoms with E-state index in [-0.39, 0.29) is 18.7 Å². The second-order valence-electron chi connectivity index (χ2n) is 8.58. The molecule has 0 aliphatic rings. The van der Waals surface area contributed by atoms with Crippen LogP contribution in [0.15, 0.2) is 59.9 Å². The van der Waals surface area contributed by atoms with Gasteiger partial charge in [0.25, 0.3) is 17.5 Å². The molecule has 0 spiro atoms. The molecule has 0 atom stereocenters. The molecule has 0 bridgehead atoms. The molecule has 2 aromatic carbocycles. The first-order chi connectivity index (χ1) is 18.9. The summed E-state index contributed by atoms with van der Waals surface area (Å²) in [4.78, 5) is 38.2. The number of halogens is 2. The summed E-state index contributed by atoms with van der Waals surface area (Å²) >= 11 is 0. The maximum atomic E-state index is 13.5. The van der Waals surface area contributed by atoms with Crippen molar-refractivity contribution >= 4 is 27.8 Å². The highest BCUT2D eigenvalue weighted by Crippen LogP contribution is 2.27. The van der Waals surface area contributed by atoms with Gasteiger partial charge in [-0.3, -0.25) is 23.7 Å². The second-order valence-corrected chi connectivity index (χ2v) is 8.58. The van der Waals surface area contributed by atoms with Crippen LogP contribution >= 0.6 is 0 Å². The molecule has 0 radical (unpaired) electrons. The standard InChI is InChI=1S/C28H22F2N6O3/c1-3-39-28-34-24-14-33-23-9-7-17(11-19(23)25(24)35(28)2)5-4-10-32-26(37)20-13-31-16-36(27(20)38)15-18-6-8-21(29)22(30)12-18/h6-9,11-14,16H,3,10,15H2,1-2H3,(H,32,37). The number of fused-ring (bicyclic) bond motifs is 3. The molecule has 5 aromatic rings. The Bertz CT molecular complexity index is 1850. The number of carbonyl (C=O) groups excluding carboxylic acids is 1. The highest BCUT2D eigenvalue weighted by Gasteiger charge is 2.14. The topological polar surface area (TPSA) is 104 Å². The number of nitrogens with zero attached hydrogens (tertiary/aromatic N) is 5. The van der Waals surface area contributed by atoms with Gasteiger partial charge in [-0.25, -0.2) is 13.8 Å². The number of imidazole rings is 1. The monoisotopic (exact) mass is 528 g/mol. The SMILES string of the molecule is CCOc1nc2cnc3ccc(C#CCNC(=O)c4cncn(Cc5ccc(F)c(F)c5)c4=O)cc3c2n1C. The first-order valence-electron chi connectivity index (χ1n) is 12.0. The fourth-order valence-electron chi connectivity index (χ4n) is 4.13. The van der Waals surface area contributed by atoms with E-state index in [1.54, 1.807) is 6.20 Å². The zero-order valence-electron chi connectivity index (χ0n) is 21.0. The van der Waals surface area contributed by atoms with Crippen LogP contribution in [0.5, 0.6) is 6.01 Å². The van der Waals surface area contributed by atoms with Crippen LogP contribution in [0.3, 0.4) is 0 Å². The number of ether oxygens (including phenoxy) is 1. The van der Waals surface area contributed by atoms with Crippen molar-refractivity contribution in [3.05, 3.63) is 93.8 Å². The van der Waals surface area contributed by atoms with E-state index in [2.05, 4.69) is 32.1 Å². The Kier molecular flexibility index (Phi) is 7.01. The normalized spacial score (nSPS) is 10.9. The molecule has 3 aromatic heterocycles. The number of aromatic nitrogens is 5. The highest BCUT2D eigenvalue weighted by molar-refractivity contribution is 6.03. The van der Waals surface area contributed by atoms with Gasteiger partial charge in [0, 0.05) is 24.2 Å². The Hall–Kier alpha value is -5.11. The summed E-state index contributed by atoms with van der Waals surface area (Å²) in [5, 5.41) is 3.45. The number of rotatable bonds is 6.